The minimum atomic E-state index is 0.155. The Bertz CT molecular complexity index is 682. The molecular weight excluding hydrogens is 288 g/mol. The second kappa shape index (κ2) is 6.82. The van der Waals surface area contributed by atoms with Crippen molar-refractivity contribution in [1.29, 1.82) is 0 Å². The van der Waals surface area contributed by atoms with Crippen LogP contribution in [0, 0.1) is 0 Å². The largest absolute Gasteiger partial charge is 0.497 e. The van der Waals surface area contributed by atoms with Crippen molar-refractivity contribution < 1.29 is 9.53 Å². The first-order chi connectivity index (χ1) is 11.2. The minimum Gasteiger partial charge on any atom is -0.497 e. The van der Waals surface area contributed by atoms with Crippen molar-refractivity contribution >= 4 is 5.91 Å². The summed E-state index contributed by atoms with van der Waals surface area (Å²) in [7, 11) is 1.67. The molecule has 3 rings (SSSR count). The Kier molecular flexibility index (Phi) is 4.60. The van der Waals surface area contributed by atoms with Crippen molar-refractivity contribution in [3.8, 4) is 16.9 Å². The third-order valence-electron chi connectivity index (χ3n) is 4.47. The van der Waals surface area contributed by atoms with E-state index in [4.69, 9.17) is 4.74 Å². The van der Waals surface area contributed by atoms with Crippen LogP contribution < -0.4 is 4.74 Å². The summed E-state index contributed by atoms with van der Waals surface area (Å²) in [6, 6.07) is 12.2. The first-order valence-corrected chi connectivity index (χ1v) is 8.03. The lowest BCUT2D eigenvalue weighted by Gasteiger charge is -2.31. The highest BCUT2D eigenvalue weighted by Crippen LogP contribution is 2.28. The molecule has 1 atom stereocenters. The van der Waals surface area contributed by atoms with Gasteiger partial charge in [-0.25, -0.2) is 0 Å². The van der Waals surface area contributed by atoms with E-state index in [0.717, 1.165) is 48.5 Å². The number of aromatic nitrogens is 1. The van der Waals surface area contributed by atoms with E-state index in [0.29, 0.717) is 5.92 Å². The van der Waals surface area contributed by atoms with Crippen molar-refractivity contribution in [1.82, 2.24) is 9.88 Å². The predicted octanol–water partition coefficient (Wildman–Crippen LogP) is 3.48. The van der Waals surface area contributed by atoms with Crippen molar-refractivity contribution in [3.63, 3.8) is 0 Å². The van der Waals surface area contributed by atoms with Crippen LogP contribution in [0.4, 0.5) is 0 Å². The van der Waals surface area contributed by atoms with Gasteiger partial charge in [0.05, 0.1) is 7.11 Å². The topological polar surface area (TPSA) is 42.4 Å². The average molecular weight is 310 g/mol. The van der Waals surface area contributed by atoms with E-state index in [1.54, 1.807) is 14.0 Å². The van der Waals surface area contributed by atoms with Crippen LogP contribution in [0.2, 0.25) is 0 Å². The van der Waals surface area contributed by atoms with Gasteiger partial charge < -0.3 is 9.64 Å². The van der Waals surface area contributed by atoms with E-state index in [9.17, 15) is 4.79 Å². The molecule has 1 aliphatic heterocycles. The van der Waals surface area contributed by atoms with Crippen molar-refractivity contribution in [2.45, 2.75) is 25.7 Å². The number of likely N-dealkylation sites (tertiary alicyclic amines) is 1. The molecule has 120 valence electrons. The lowest BCUT2D eigenvalue weighted by molar-refractivity contribution is -0.130. The van der Waals surface area contributed by atoms with Gasteiger partial charge in [0.15, 0.2) is 0 Å². The van der Waals surface area contributed by atoms with E-state index in [-0.39, 0.29) is 5.91 Å². The van der Waals surface area contributed by atoms with Crippen LogP contribution in [-0.4, -0.2) is 36.0 Å². The summed E-state index contributed by atoms with van der Waals surface area (Å²) >= 11 is 0. The Morgan fingerprint density at radius 1 is 1.26 bits per heavy atom. The van der Waals surface area contributed by atoms with Crippen LogP contribution in [0.5, 0.6) is 5.75 Å². The zero-order chi connectivity index (χ0) is 16.2. The molecule has 0 saturated carbocycles. The summed E-state index contributed by atoms with van der Waals surface area (Å²) in [6.07, 6.45) is 4.05. The highest BCUT2D eigenvalue weighted by molar-refractivity contribution is 5.73. The summed E-state index contributed by atoms with van der Waals surface area (Å²) in [5.74, 6) is 1.34. The number of pyridine rings is 1. The average Bonchev–Trinajstić information content (AvgIpc) is 2.62. The van der Waals surface area contributed by atoms with E-state index in [1.807, 2.05) is 29.3 Å². The van der Waals surface area contributed by atoms with Gasteiger partial charge in [-0.05, 0) is 36.6 Å². The molecule has 1 aliphatic rings. The van der Waals surface area contributed by atoms with E-state index >= 15 is 0 Å². The molecule has 0 bridgehead atoms. The Morgan fingerprint density at radius 2 is 2.13 bits per heavy atom. The maximum absolute atomic E-state index is 11.6. The molecule has 1 amide bonds. The fraction of sp³-hybridized carbons (Fsp3) is 0.368. The van der Waals surface area contributed by atoms with Gasteiger partial charge in [-0.15, -0.1) is 0 Å². The summed E-state index contributed by atoms with van der Waals surface area (Å²) in [5, 5.41) is 0. The van der Waals surface area contributed by atoms with Crippen LogP contribution in [-0.2, 0) is 4.79 Å². The SMILES string of the molecule is COc1cccc(-c2ccc([C@@H]3CCCN(C(C)=O)C3)nc2)c1. The number of ether oxygens (including phenoxy) is 1. The third kappa shape index (κ3) is 3.52. The molecule has 1 aromatic heterocycles. The summed E-state index contributed by atoms with van der Waals surface area (Å²) in [4.78, 5) is 18.1. The molecule has 1 aromatic carbocycles. The predicted molar refractivity (Wildman–Crippen MR) is 90.5 cm³/mol. The van der Waals surface area contributed by atoms with Crippen molar-refractivity contribution in [3.05, 3.63) is 48.3 Å². The smallest absolute Gasteiger partial charge is 0.219 e. The number of nitrogens with zero attached hydrogens (tertiary/aromatic N) is 2. The number of hydrogen-bond acceptors (Lipinski definition) is 3. The fourth-order valence-electron chi connectivity index (χ4n) is 3.12. The third-order valence-corrected chi connectivity index (χ3v) is 4.47. The number of carbonyl (C=O) groups excluding carboxylic acids is 1. The molecule has 1 saturated heterocycles. The Hall–Kier alpha value is -2.36. The van der Waals surface area contributed by atoms with Gasteiger partial charge in [-0.2, -0.15) is 0 Å². The Labute approximate surface area is 137 Å². The molecule has 2 heterocycles. The van der Waals surface area contributed by atoms with Crippen LogP contribution in [0.1, 0.15) is 31.4 Å². The number of hydrogen-bond donors (Lipinski definition) is 0. The molecule has 0 spiro atoms. The molecule has 4 heteroatoms. The molecule has 0 radical (unpaired) electrons. The molecule has 0 unspecified atom stereocenters. The highest BCUT2D eigenvalue weighted by Gasteiger charge is 2.23. The zero-order valence-electron chi connectivity index (χ0n) is 13.7. The van der Waals surface area contributed by atoms with Gasteiger partial charge in [0.1, 0.15) is 5.75 Å². The highest BCUT2D eigenvalue weighted by atomic mass is 16.5. The second-order valence-electron chi connectivity index (χ2n) is 6.01. The zero-order valence-corrected chi connectivity index (χ0v) is 13.7. The van der Waals surface area contributed by atoms with Gasteiger partial charge in [0.2, 0.25) is 5.91 Å². The molecule has 1 fully saturated rings. The number of rotatable bonds is 3. The number of piperidine rings is 1. The quantitative estimate of drug-likeness (QED) is 0.871. The van der Waals surface area contributed by atoms with Gasteiger partial charge >= 0.3 is 0 Å². The second-order valence-corrected chi connectivity index (χ2v) is 6.01. The standard InChI is InChI=1S/C19H22N2O2/c1-14(22)21-10-4-6-17(13-21)19-9-8-16(12-20-19)15-5-3-7-18(11-15)23-2/h3,5,7-9,11-12,17H,4,6,10,13H2,1-2H3/t17-/m1/s1. The molecule has 23 heavy (non-hydrogen) atoms. The normalized spacial score (nSPS) is 17.8. The van der Waals surface area contributed by atoms with Gasteiger partial charge in [-0.3, -0.25) is 9.78 Å². The number of amides is 1. The maximum Gasteiger partial charge on any atom is 0.219 e. The van der Waals surface area contributed by atoms with Crippen LogP contribution >= 0.6 is 0 Å². The number of benzene rings is 1. The maximum atomic E-state index is 11.6. The number of methoxy groups -OCH3 is 1. The van der Waals surface area contributed by atoms with E-state index in [2.05, 4.69) is 23.2 Å². The molecule has 2 aromatic rings. The molecule has 0 N–H and O–H groups in total. The Morgan fingerprint density at radius 3 is 2.83 bits per heavy atom. The summed E-state index contributed by atoms with van der Waals surface area (Å²) in [5.41, 5.74) is 3.24. The summed E-state index contributed by atoms with van der Waals surface area (Å²) in [6.45, 7) is 3.29. The summed E-state index contributed by atoms with van der Waals surface area (Å²) < 4.78 is 5.27. The van der Waals surface area contributed by atoms with Crippen molar-refractivity contribution in [2.24, 2.45) is 0 Å². The van der Waals surface area contributed by atoms with Crippen LogP contribution in [0.15, 0.2) is 42.6 Å². The molecular formula is C19H22N2O2. The van der Waals surface area contributed by atoms with E-state index in [1.165, 1.54) is 0 Å². The fourth-order valence-corrected chi connectivity index (χ4v) is 3.12. The van der Waals surface area contributed by atoms with Gasteiger partial charge in [0.25, 0.3) is 0 Å². The monoisotopic (exact) mass is 310 g/mol. The van der Waals surface area contributed by atoms with Crippen LogP contribution in [0.3, 0.4) is 0 Å². The first kappa shape index (κ1) is 15.5. The lowest BCUT2D eigenvalue weighted by atomic mass is 9.93. The molecule has 0 aliphatic carbocycles. The van der Waals surface area contributed by atoms with Gasteiger partial charge in [-0.1, -0.05) is 18.2 Å². The number of carbonyl (C=O) groups is 1. The van der Waals surface area contributed by atoms with Crippen molar-refractivity contribution in [2.75, 3.05) is 20.2 Å². The lowest BCUT2D eigenvalue weighted by Crippen LogP contribution is -2.37. The first-order valence-electron chi connectivity index (χ1n) is 8.03. The van der Waals surface area contributed by atoms with Crippen LogP contribution in [0.25, 0.3) is 11.1 Å². The Balaban J connectivity index is 1.77. The minimum absolute atomic E-state index is 0.155. The van der Waals surface area contributed by atoms with Gasteiger partial charge in [0, 0.05) is 43.4 Å². The molecule has 4 nitrogen and oxygen atoms in total. The van der Waals surface area contributed by atoms with E-state index < -0.39 is 0 Å².